The molecule has 1 amide bonds. The first kappa shape index (κ1) is 11.4. The van der Waals surface area contributed by atoms with Crippen LogP contribution in [0.3, 0.4) is 0 Å². The van der Waals surface area contributed by atoms with Crippen molar-refractivity contribution in [1.29, 1.82) is 0 Å². The molecule has 0 aromatic carbocycles. The third-order valence-electron chi connectivity index (χ3n) is 2.92. The first-order valence-electron chi connectivity index (χ1n) is 5.15. The van der Waals surface area contributed by atoms with E-state index in [9.17, 15) is 9.59 Å². The highest BCUT2D eigenvalue weighted by molar-refractivity contribution is 5.91. The van der Waals surface area contributed by atoms with Gasteiger partial charge in [0, 0.05) is 18.3 Å². The SMILES string of the molecule is C=C[C@@H]1C[C@]1(NC(=O)n1ccnc1)C(=O)OC. The molecule has 1 aliphatic rings. The van der Waals surface area contributed by atoms with Crippen LogP contribution in [0.25, 0.3) is 0 Å². The Bertz CT molecular complexity index is 455. The number of aromatic nitrogens is 2. The lowest BCUT2D eigenvalue weighted by Crippen LogP contribution is -2.46. The summed E-state index contributed by atoms with van der Waals surface area (Å²) in [5, 5.41) is 2.66. The van der Waals surface area contributed by atoms with Gasteiger partial charge in [-0.1, -0.05) is 6.08 Å². The van der Waals surface area contributed by atoms with Crippen LogP contribution in [0.1, 0.15) is 6.42 Å². The van der Waals surface area contributed by atoms with Gasteiger partial charge in [-0.25, -0.2) is 14.6 Å². The number of methoxy groups -OCH3 is 1. The van der Waals surface area contributed by atoms with Gasteiger partial charge in [0.25, 0.3) is 0 Å². The number of nitrogens with zero attached hydrogens (tertiary/aromatic N) is 2. The molecule has 6 heteroatoms. The summed E-state index contributed by atoms with van der Waals surface area (Å²) in [6.07, 6.45) is 6.52. The van der Waals surface area contributed by atoms with E-state index < -0.39 is 17.5 Å². The van der Waals surface area contributed by atoms with Crippen molar-refractivity contribution in [3.8, 4) is 0 Å². The fraction of sp³-hybridized carbons (Fsp3) is 0.364. The molecule has 1 aromatic heterocycles. The van der Waals surface area contributed by atoms with Gasteiger partial charge in [-0.15, -0.1) is 6.58 Å². The average molecular weight is 235 g/mol. The lowest BCUT2D eigenvalue weighted by Gasteiger charge is -2.16. The molecule has 2 rings (SSSR count). The Morgan fingerprint density at radius 1 is 1.71 bits per heavy atom. The molecule has 90 valence electrons. The molecule has 0 unspecified atom stereocenters. The normalized spacial score (nSPS) is 26.1. The summed E-state index contributed by atoms with van der Waals surface area (Å²) in [5.74, 6) is -0.529. The molecule has 0 saturated heterocycles. The summed E-state index contributed by atoms with van der Waals surface area (Å²) in [4.78, 5) is 27.2. The second kappa shape index (κ2) is 4.04. The number of hydrogen-bond acceptors (Lipinski definition) is 4. The maximum Gasteiger partial charge on any atom is 0.332 e. The third-order valence-corrected chi connectivity index (χ3v) is 2.92. The highest BCUT2D eigenvalue weighted by Gasteiger charge is 2.61. The van der Waals surface area contributed by atoms with E-state index >= 15 is 0 Å². The van der Waals surface area contributed by atoms with E-state index in [1.165, 1.54) is 30.4 Å². The van der Waals surface area contributed by atoms with Crippen molar-refractivity contribution in [2.24, 2.45) is 5.92 Å². The van der Waals surface area contributed by atoms with Gasteiger partial charge in [0.2, 0.25) is 0 Å². The number of imidazole rings is 1. The Balaban J connectivity index is 2.13. The van der Waals surface area contributed by atoms with E-state index in [0.29, 0.717) is 6.42 Å². The zero-order valence-electron chi connectivity index (χ0n) is 9.42. The number of carbonyl (C=O) groups is 2. The Hall–Kier alpha value is -2.11. The summed E-state index contributed by atoms with van der Waals surface area (Å²) < 4.78 is 5.97. The monoisotopic (exact) mass is 235 g/mol. The zero-order chi connectivity index (χ0) is 12.5. The topological polar surface area (TPSA) is 73.2 Å². The molecule has 6 nitrogen and oxygen atoms in total. The minimum atomic E-state index is -0.960. The summed E-state index contributed by atoms with van der Waals surface area (Å²) in [7, 11) is 1.30. The molecule has 0 aliphatic heterocycles. The van der Waals surface area contributed by atoms with Crippen LogP contribution in [0.2, 0.25) is 0 Å². The summed E-state index contributed by atoms with van der Waals surface area (Å²) >= 11 is 0. The van der Waals surface area contributed by atoms with Crippen LogP contribution >= 0.6 is 0 Å². The number of nitrogens with one attached hydrogen (secondary N) is 1. The number of amides is 1. The first-order valence-corrected chi connectivity index (χ1v) is 5.15. The van der Waals surface area contributed by atoms with Gasteiger partial charge in [-0.2, -0.15) is 0 Å². The molecule has 1 aliphatic carbocycles. The van der Waals surface area contributed by atoms with Crippen LogP contribution in [0.5, 0.6) is 0 Å². The first-order chi connectivity index (χ1) is 8.14. The lowest BCUT2D eigenvalue weighted by atomic mass is 10.2. The quantitative estimate of drug-likeness (QED) is 0.613. The molecule has 0 spiro atoms. The maximum absolute atomic E-state index is 11.8. The standard InChI is InChI=1S/C11H13N3O3/c1-3-8-6-11(8,9(15)17-2)13-10(16)14-5-4-12-7-14/h3-5,7-8H,1,6H2,2H3,(H,13,16)/t8-,11-/m1/s1. The molecule has 1 heterocycles. The van der Waals surface area contributed by atoms with E-state index in [1.807, 2.05) is 0 Å². The average Bonchev–Trinajstić information content (AvgIpc) is 2.79. The number of esters is 1. The van der Waals surface area contributed by atoms with Crippen LogP contribution < -0.4 is 5.32 Å². The van der Waals surface area contributed by atoms with Crippen LogP contribution in [-0.4, -0.2) is 34.2 Å². The number of hydrogen-bond donors (Lipinski definition) is 1. The van der Waals surface area contributed by atoms with Gasteiger partial charge < -0.3 is 10.1 Å². The molecule has 0 radical (unpaired) electrons. The molecular weight excluding hydrogens is 222 g/mol. The Morgan fingerprint density at radius 3 is 2.94 bits per heavy atom. The molecule has 1 fully saturated rings. The lowest BCUT2D eigenvalue weighted by molar-refractivity contribution is -0.144. The van der Waals surface area contributed by atoms with Gasteiger partial charge >= 0.3 is 12.0 Å². The summed E-state index contributed by atoms with van der Waals surface area (Å²) in [6, 6.07) is -0.405. The van der Waals surface area contributed by atoms with Crippen LogP contribution in [0.4, 0.5) is 4.79 Å². The van der Waals surface area contributed by atoms with Gasteiger partial charge in [-0.05, 0) is 6.42 Å². The Labute approximate surface area is 98.3 Å². The largest absolute Gasteiger partial charge is 0.467 e. The third kappa shape index (κ3) is 1.82. The van der Waals surface area contributed by atoms with Crippen LogP contribution in [0, 0.1) is 5.92 Å². The van der Waals surface area contributed by atoms with Crippen molar-refractivity contribution in [2.75, 3.05) is 7.11 Å². The second-order valence-electron chi connectivity index (χ2n) is 3.91. The smallest absolute Gasteiger partial charge is 0.332 e. The number of rotatable bonds is 3. The molecule has 17 heavy (non-hydrogen) atoms. The predicted molar refractivity (Wildman–Crippen MR) is 59.2 cm³/mol. The van der Waals surface area contributed by atoms with Crippen molar-refractivity contribution in [1.82, 2.24) is 14.9 Å². The number of carbonyl (C=O) groups excluding carboxylic acids is 2. The van der Waals surface area contributed by atoms with E-state index in [2.05, 4.69) is 16.9 Å². The summed E-state index contributed by atoms with van der Waals surface area (Å²) in [6.45, 7) is 3.63. The minimum absolute atomic E-state index is 0.0811. The van der Waals surface area contributed by atoms with Gasteiger partial charge in [0.15, 0.2) is 0 Å². The highest BCUT2D eigenvalue weighted by atomic mass is 16.5. The molecule has 1 N–H and O–H groups in total. The van der Waals surface area contributed by atoms with Gasteiger partial charge in [-0.3, -0.25) is 4.57 Å². The number of ether oxygens (including phenoxy) is 1. The molecule has 1 saturated carbocycles. The van der Waals surface area contributed by atoms with Crippen molar-refractivity contribution < 1.29 is 14.3 Å². The molecule has 0 bridgehead atoms. The van der Waals surface area contributed by atoms with Gasteiger partial charge in [0.1, 0.15) is 11.9 Å². The van der Waals surface area contributed by atoms with Crippen LogP contribution in [0.15, 0.2) is 31.4 Å². The molecular formula is C11H13N3O3. The Kier molecular flexibility index (Phi) is 2.71. The minimum Gasteiger partial charge on any atom is -0.467 e. The van der Waals surface area contributed by atoms with E-state index in [-0.39, 0.29) is 5.92 Å². The Morgan fingerprint density at radius 2 is 2.47 bits per heavy atom. The summed E-state index contributed by atoms with van der Waals surface area (Å²) in [5.41, 5.74) is -0.960. The molecule has 2 atom stereocenters. The fourth-order valence-corrected chi connectivity index (χ4v) is 1.82. The van der Waals surface area contributed by atoms with Crippen molar-refractivity contribution in [3.63, 3.8) is 0 Å². The van der Waals surface area contributed by atoms with Crippen LogP contribution in [-0.2, 0) is 9.53 Å². The van der Waals surface area contributed by atoms with Crippen molar-refractivity contribution >= 4 is 12.0 Å². The maximum atomic E-state index is 11.8. The van der Waals surface area contributed by atoms with Crippen molar-refractivity contribution in [3.05, 3.63) is 31.4 Å². The van der Waals surface area contributed by atoms with Crippen molar-refractivity contribution in [2.45, 2.75) is 12.0 Å². The second-order valence-corrected chi connectivity index (χ2v) is 3.91. The van der Waals surface area contributed by atoms with E-state index in [0.717, 1.165) is 0 Å². The van der Waals surface area contributed by atoms with E-state index in [1.54, 1.807) is 6.08 Å². The highest BCUT2D eigenvalue weighted by Crippen LogP contribution is 2.45. The fourth-order valence-electron chi connectivity index (χ4n) is 1.82. The van der Waals surface area contributed by atoms with E-state index in [4.69, 9.17) is 4.74 Å². The molecule has 1 aromatic rings. The van der Waals surface area contributed by atoms with Gasteiger partial charge in [0.05, 0.1) is 7.11 Å². The zero-order valence-corrected chi connectivity index (χ0v) is 9.42. The predicted octanol–water partition coefficient (Wildman–Crippen LogP) is 0.558.